The highest BCUT2D eigenvalue weighted by molar-refractivity contribution is 5.81. The minimum absolute atomic E-state index is 0.472. The molecule has 1 fully saturated rings. The molecule has 1 aliphatic rings. The van der Waals surface area contributed by atoms with Crippen molar-refractivity contribution in [1.29, 1.82) is 0 Å². The van der Waals surface area contributed by atoms with Crippen LogP contribution in [0, 0.1) is 6.92 Å². The van der Waals surface area contributed by atoms with E-state index in [0.29, 0.717) is 18.5 Å². The summed E-state index contributed by atoms with van der Waals surface area (Å²) in [7, 11) is 0. The van der Waals surface area contributed by atoms with Gasteiger partial charge in [0.2, 0.25) is 5.95 Å². The van der Waals surface area contributed by atoms with Crippen molar-refractivity contribution in [1.82, 2.24) is 20.3 Å². The fraction of sp³-hybridized carbons (Fsp3) is 0.269. The zero-order valence-electron chi connectivity index (χ0n) is 18.2. The molecular weight excluding hydrogens is 398 g/mol. The summed E-state index contributed by atoms with van der Waals surface area (Å²) in [6.45, 7) is 4.71. The average molecular weight is 426 g/mol. The summed E-state index contributed by atoms with van der Waals surface area (Å²) in [5.74, 6) is 2.04. The van der Waals surface area contributed by atoms with Crippen LogP contribution in [0.3, 0.4) is 0 Å². The fourth-order valence-electron chi connectivity index (χ4n) is 4.16. The van der Waals surface area contributed by atoms with Gasteiger partial charge in [0.15, 0.2) is 0 Å². The number of fused-ring (bicyclic) bond motifs is 1. The molecule has 3 heterocycles. The van der Waals surface area contributed by atoms with Gasteiger partial charge < -0.3 is 15.4 Å². The number of pyridine rings is 1. The number of aryl methyl sites for hydroxylation is 1. The predicted molar refractivity (Wildman–Crippen MR) is 127 cm³/mol. The highest BCUT2D eigenvalue weighted by Crippen LogP contribution is 2.28. The first kappa shape index (κ1) is 20.4. The number of rotatable bonds is 6. The molecule has 2 N–H and O–H groups in total. The van der Waals surface area contributed by atoms with Gasteiger partial charge in [0.25, 0.3) is 0 Å². The molecule has 1 saturated heterocycles. The maximum atomic E-state index is 6.03. The molecule has 0 saturated carbocycles. The van der Waals surface area contributed by atoms with Crippen molar-refractivity contribution in [2.75, 3.05) is 18.4 Å². The van der Waals surface area contributed by atoms with E-state index in [4.69, 9.17) is 9.72 Å². The van der Waals surface area contributed by atoms with Gasteiger partial charge in [-0.2, -0.15) is 0 Å². The summed E-state index contributed by atoms with van der Waals surface area (Å²) < 4.78 is 6.03. The standard InChI is InChI=1S/C26H27N5O/c1-18-13-22-16-29-26(30-23-6-4-20(5-7-23)21-8-11-27-12-9-21)31-24(22)14-25(18)32-17-19-3-2-10-28-15-19/h2-7,10,13-16,21,27H,8-9,11-12,17H2,1H3,(H,29,30,31). The van der Waals surface area contributed by atoms with Crippen LogP contribution >= 0.6 is 0 Å². The van der Waals surface area contributed by atoms with E-state index >= 15 is 0 Å². The van der Waals surface area contributed by atoms with E-state index in [1.165, 1.54) is 18.4 Å². The first-order valence-corrected chi connectivity index (χ1v) is 11.1. The second-order valence-electron chi connectivity index (χ2n) is 8.29. The Bertz CT molecular complexity index is 1190. The normalized spacial score (nSPS) is 14.4. The minimum atomic E-state index is 0.472. The van der Waals surface area contributed by atoms with Crippen LogP contribution in [0.5, 0.6) is 5.75 Å². The molecule has 162 valence electrons. The molecule has 4 aromatic rings. The van der Waals surface area contributed by atoms with Crippen LogP contribution in [0.4, 0.5) is 11.6 Å². The molecule has 1 aliphatic heterocycles. The number of piperidine rings is 1. The van der Waals surface area contributed by atoms with Crippen LogP contribution in [0.2, 0.25) is 0 Å². The topological polar surface area (TPSA) is 72.0 Å². The minimum Gasteiger partial charge on any atom is -0.488 e. The number of anilines is 2. The third-order valence-corrected chi connectivity index (χ3v) is 5.97. The van der Waals surface area contributed by atoms with Gasteiger partial charge in [-0.1, -0.05) is 18.2 Å². The molecule has 0 amide bonds. The molecule has 32 heavy (non-hydrogen) atoms. The van der Waals surface area contributed by atoms with Gasteiger partial charge in [-0.25, -0.2) is 9.97 Å². The Kier molecular flexibility index (Phi) is 5.94. The molecule has 0 radical (unpaired) electrons. The van der Waals surface area contributed by atoms with E-state index in [0.717, 1.165) is 46.6 Å². The van der Waals surface area contributed by atoms with E-state index in [1.807, 2.05) is 37.5 Å². The van der Waals surface area contributed by atoms with Gasteiger partial charge >= 0.3 is 0 Å². The zero-order valence-corrected chi connectivity index (χ0v) is 18.2. The lowest BCUT2D eigenvalue weighted by molar-refractivity contribution is 0.304. The van der Waals surface area contributed by atoms with Crippen molar-refractivity contribution in [2.24, 2.45) is 0 Å². The van der Waals surface area contributed by atoms with Gasteiger partial charge in [-0.15, -0.1) is 0 Å². The largest absolute Gasteiger partial charge is 0.488 e. The Hall–Kier alpha value is -3.51. The molecule has 5 rings (SSSR count). The molecule has 0 bridgehead atoms. The highest BCUT2D eigenvalue weighted by Gasteiger charge is 2.15. The summed E-state index contributed by atoms with van der Waals surface area (Å²) in [5, 5.41) is 7.75. The Morgan fingerprint density at radius 3 is 2.69 bits per heavy atom. The van der Waals surface area contributed by atoms with E-state index in [2.05, 4.69) is 50.9 Å². The molecule has 6 nitrogen and oxygen atoms in total. The summed E-state index contributed by atoms with van der Waals surface area (Å²) in [5.41, 5.74) is 5.33. The van der Waals surface area contributed by atoms with Crippen molar-refractivity contribution in [3.8, 4) is 5.75 Å². The van der Waals surface area contributed by atoms with Gasteiger partial charge in [0.1, 0.15) is 12.4 Å². The van der Waals surface area contributed by atoms with E-state index < -0.39 is 0 Å². The van der Waals surface area contributed by atoms with Gasteiger partial charge in [0, 0.05) is 41.3 Å². The maximum Gasteiger partial charge on any atom is 0.227 e. The third kappa shape index (κ3) is 4.70. The van der Waals surface area contributed by atoms with Gasteiger partial charge in [-0.3, -0.25) is 4.98 Å². The molecular formula is C26H27N5O. The summed E-state index contributed by atoms with van der Waals surface area (Å²) in [6, 6.07) is 16.6. The number of benzene rings is 2. The zero-order chi connectivity index (χ0) is 21.8. The van der Waals surface area contributed by atoms with Crippen LogP contribution in [-0.2, 0) is 6.61 Å². The molecule has 6 heteroatoms. The van der Waals surface area contributed by atoms with E-state index in [1.54, 1.807) is 6.20 Å². The predicted octanol–water partition coefficient (Wildman–Crippen LogP) is 5.12. The lowest BCUT2D eigenvalue weighted by Gasteiger charge is -2.23. The molecule has 2 aromatic heterocycles. The average Bonchev–Trinajstić information content (AvgIpc) is 2.85. The molecule has 0 unspecified atom stereocenters. The lowest BCUT2D eigenvalue weighted by Crippen LogP contribution is -2.26. The molecule has 0 spiro atoms. The summed E-state index contributed by atoms with van der Waals surface area (Å²) in [4.78, 5) is 13.4. The van der Waals surface area contributed by atoms with Crippen molar-refractivity contribution < 1.29 is 4.74 Å². The number of aromatic nitrogens is 3. The van der Waals surface area contributed by atoms with Crippen LogP contribution in [0.15, 0.2) is 67.1 Å². The SMILES string of the molecule is Cc1cc2cnc(Nc3ccc(C4CCNCC4)cc3)nc2cc1OCc1cccnc1. The van der Waals surface area contributed by atoms with Crippen LogP contribution in [-0.4, -0.2) is 28.0 Å². The highest BCUT2D eigenvalue weighted by atomic mass is 16.5. The quantitative estimate of drug-likeness (QED) is 0.447. The fourth-order valence-corrected chi connectivity index (χ4v) is 4.16. The Morgan fingerprint density at radius 1 is 1.06 bits per heavy atom. The third-order valence-electron chi connectivity index (χ3n) is 5.97. The molecule has 0 atom stereocenters. The molecule has 2 aromatic carbocycles. The lowest BCUT2D eigenvalue weighted by atomic mass is 9.90. The number of nitrogens with one attached hydrogen (secondary N) is 2. The number of ether oxygens (including phenoxy) is 1. The maximum absolute atomic E-state index is 6.03. The number of nitrogens with zero attached hydrogens (tertiary/aromatic N) is 3. The monoisotopic (exact) mass is 425 g/mol. The number of hydrogen-bond donors (Lipinski definition) is 2. The Balaban J connectivity index is 1.31. The Labute approximate surface area is 188 Å². The molecule has 0 aliphatic carbocycles. The van der Waals surface area contributed by atoms with Gasteiger partial charge in [-0.05, 0) is 74.2 Å². The number of hydrogen-bond acceptors (Lipinski definition) is 6. The second kappa shape index (κ2) is 9.32. The first-order valence-electron chi connectivity index (χ1n) is 11.1. The van der Waals surface area contributed by atoms with Gasteiger partial charge in [0.05, 0.1) is 5.52 Å². The first-order chi connectivity index (χ1) is 15.7. The second-order valence-corrected chi connectivity index (χ2v) is 8.29. The smallest absolute Gasteiger partial charge is 0.227 e. The van der Waals surface area contributed by atoms with E-state index in [9.17, 15) is 0 Å². The van der Waals surface area contributed by atoms with Crippen molar-refractivity contribution in [3.63, 3.8) is 0 Å². The van der Waals surface area contributed by atoms with Crippen molar-refractivity contribution >= 4 is 22.5 Å². The summed E-state index contributed by atoms with van der Waals surface area (Å²) >= 11 is 0. The van der Waals surface area contributed by atoms with Crippen molar-refractivity contribution in [3.05, 3.63) is 83.8 Å². The van der Waals surface area contributed by atoms with E-state index in [-0.39, 0.29) is 0 Å². The van der Waals surface area contributed by atoms with Crippen molar-refractivity contribution in [2.45, 2.75) is 32.3 Å². The van der Waals surface area contributed by atoms with Crippen LogP contribution in [0.1, 0.15) is 35.4 Å². The Morgan fingerprint density at radius 2 is 1.91 bits per heavy atom. The van der Waals surface area contributed by atoms with Crippen LogP contribution < -0.4 is 15.4 Å². The summed E-state index contributed by atoms with van der Waals surface area (Å²) in [6.07, 6.45) is 7.83. The van der Waals surface area contributed by atoms with Crippen LogP contribution in [0.25, 0.3) is 10.9 Å².